The highest BCUT2D eigenvalue weighted by molar-refractivity contribution is 6.50. The Morgan fingerprint density at radius 1 is 1.25 bits per heavy atom. The van der Waals surface area contributed by atoms with Crippen LogP contribution in [0.15, 0.2) is 36.4 Å². The van der Waals surface area contributed by atoms with E-state index in [1.807, 2.05) is 30.3 Å². The zero-order valence-corrected chi connectivity index (χ0v) is 15.8. The molecule has 0 saturated carbocycles. The number of carbonyl (C=O) groups is 1. The Morgan fingerprint density at radius 2 is 1.88 bits per heavy atom. The van der Waals surface area contributed by atoms with Gasteiger partial charge in [0, 0.05) is 11.5 Å². The minimum absolute atomic E-state index is 0.189. The van der Waals surface area contributed by atoms with E-state index in [0.717, 1.165) is 11.4 Å². The summed E-state index contributed by atoms with van der Waals surface area (Å²) < 4.78 is 4.81. The summed E-state index contributed by atoms with van der Waals surface area (Å²) in [7, 11) is 0. The van der Waals surface area contributed by atoms with Gasteiger partial charge in [-0.05, 0) is 12.1 Å². The molecule has 1 aromatic carbocycles. The summed E-state index contributed by atoms with van der Waals surface area (Å²) >= 11 is 16.9. The summed E-state index contributed by atoms with van der Waals surface area (Å²) in [5, 5.41) is 6.94. The van der Waals surface area contributed by atoms with Gasteiger partial charge in [0.05, 0.1) is 17.3 Å². The summed E-state index contributed by atoms with van der Waals surface area (Å²) in [4.78, 5) is 11.9. The van der Waals surface area contributed by atoms with Gasteiger partial charge in [-0.3, -0.25) is 5.32 Å². The third-order valence-electron chi connectivity index (χ3n) is 3.11. The van der Waals surface area contributed by atoms with Crippen LogP contribution in [0.1, 0.15) is 26.5 Å². The fourth-order valence-corrected chi connectivity index (χ4v) is 2.23. The van der Waals surface area contributed by atoms with Gasteiger partial charge in [-0.15, -0.1) is 16.7 Å². The predicted octanol–water partition coefficient (Wildman–Crippen LogP) is 5.09. The van der Waals surface area contributed by atoms with E-state index in [-0.39, 0.29) is 11.3 Å². The Hall–Kier alpha value is -1.43. The number of carbonyl (C=O) groups excluding carboxylic acids is 1. The highest BCUT2D eigenvalue weighted by atomic mass is 35.5. The third kappa shape index (κ3) is 4.79. The second kappa shape index (κ2) is 7.21. The number of rotatable bonds is 4. The van der Waals surface area contributed by atoms with Gasteiger partial charge in [0.25, 0.3) is 4.52 Å². The molecule has 0 fully saturated rings. The maximum Gasteiger partial charge on any atom is 0.415 e. The topological polar surface area (TPSA) is 56.1 Å². The van der Waals surface area contributed by atoms with Crippen LogP contribution >= 0.6 is 34.8 Å². The molecule has 8 heteroatoms. The van der Waals surface area contributed by atoms with Crippen molar-refractivity contribution in [2.45, 2.75) is 30.7 Å². The van der Waals surface area contributed by atoms with Gasteiger partial charge < -0.3 is 4.74 Å². The van der Waals surface area contributed by atoms with Crippen LogP contribution in [0.2, 0.25) is 0 Å². The van der Waals surface area contributed by atoms with E-state index in [2.05, 4.69) is 31.2 Å². The van der Waals surface area contributed by atoms with Crippen LogP contribution in [0.4, 0.5) is 10.6 Å². The maximum atomic E-state index is 11.9. The van der Waals surface area contributed by atoms with Gasteiger partial charge in [0.2, 0.25) is 0 Å². The molecule has 0 unspecified atom stereocenters. The standard InChI is InChI=1S/C16H18Cl3N3O2/c1-15(2,3)12-9-13(20-14(23)24-16(18,19)10-17)21-22(12)11-7-5-4-6-8-11/h4-9H,10H2,1-3H3,(H,20,21,23). The summed E-state index contributed by atoms with van der Waals surface area (Å²) in [5.41, 5.74) is 1.61. The van der Waals surface area contributed by atoms with E-state index in [1.165, 1.54) is 0 Å². The molecular formula is C16H18Cl3N3O2. The van der Waals surface area contributed by atoms with Crippen molar-refractivity contribution in [2.24, 2.45) is 0 Å². The number of hydrogen-bond donors (Lipinski definition) is 1. The molecule has 0 saturated heterocycles. The van der Waals surface area contributed by atoms with Crippen LogP contribution < -0.4 is 5.32 Å². The van der Waals surface area contributed by atoms with Crippen molar-refractivity contribution in [3.63, 3.8) is 0 Å². The number of hydrogen-bond acceptors (Lipinski definition) is 3. The lowest BCUT2D eigenvalue weighted by Gasteiger charge is -2.19. The number of nitrogens with zero attached hydrogens (tertiary/aromatic N) is 2. The van der Waals surface area contributed by atoms with Crippen LogP contribution in [0, 0.1) is 0 Å². The Kier molecular flexibility index (Phi) is 5.68. The van der Waals surface area contributed by atoms with E-state index in [4.69, 9.17) is 39.5 Å². The Labute approximate surface area is 155 Å². The molecule has 0 aliphatic carbocycles. The molecule has 0 atom stereocenters. The quantitative estimate of drug-likeness (QED) is 0.740. The van der Waals surface area contributed by atoms with Crippen molar-refractivity contribution >= 4 is 46.7 Å². The number of benzene rings is 1. The number of nitrogens with one attached hydrogen (secondary N) is 1. The average molecular weight is 391 g/mol. The number of ether oxygens (including phenoxy) is 1. The lowest BCUT2D eigenvalue weighted by Crippen LogP contribution is -2.27. The van der Waals surface area contributed by atoms with Crippen LogP contribution in [0.5, 0.6) is 0 Å². The predicted molar refractivity (Wildman–Crippen MR) is 97.5 cm³/mol. The zero-order chi connectivity index (χ0) is 18.0. The van der Waals surface area contributed by atoms with E-state index >= 15 is 0 Å². The van der Waals surface area contributed by atoms with Crippen molar-refractivity contribution in [2.75, 3.05) is 11.2 Å². The fourth-order valence-electron chi connectivity index (χ4n) is 2.04. The smallest absolute Gasteiger partial charge is 0.411 e. The molecule has 0 spiro atoms. The van der Waals surface area contributed by atoms with Crippen molar-refractivity contribution in [3.05, 3.63) is 42.1 Å². The van der Waals surface area contributed by atoms with Gasteiger partial charge in [0.15, 0.2) is 5.82 Å². The molecule has 24 heavy (non-hydrogen) atoms. The first-order valence-electron chi connectivity index (χ1n) is 7.22. The number of anilines is 1. The van der Waals surface area contributed by atoms with Gasteiger partial charge in [-0.25, -0.2) is 9.48 Å². The first kappa shape index (κ1) is 18.9. The van der Waals surface area contributed by atoms with E-state index < -0.39 is 10.6 Å². The minimum Gasteiger partial charge on any atom is -0.411 e. The molecule has 0 aliphatic heterocycles. The van der Waals surface area contributed by atoms with Crippen molar-refractivity contribution < 1.29 is 9.53 Å². The zero-order valence-electron chi connectivity index (χ0n) is 13.5. The summed E-state index contributed by atoms with van der Waals surface area (Å²) in [5.74, 6) is 0.0716. The molecule has 0 aliphatic rings. The number of para-hydroxylation sites is 1. The Morgan fingerprint density at radius 3 is 2.42 bits per heavy atom. The first-order chi connectivity index (χ1) is 11.1. The van der Waals surface area contributed by atoms with Crippen molar-refractivity contribution in [1.82, 2.24) is 9.78 Å². The average Bonchev–Trinajstić information content (AvgIpc) is 2.91. The molecular weight excluding hydrogens is 373 g/mol. The van der Waals surface area contributed by atoms with Crippen LogP contribution in [-0.2, 0) is 10.2 Å². The summed E-state index contributed by atoms with van der Waals surface area (Å²) in [6.45, 7) is 6.17. The molecule has 1 N–H and O–H groups in total. The Balaban J connectivity index is 2.30. The van der Waals surface area contributed by atoms with Gasteiger partial charge in [-0.1, -0.05) is 62.2 Å². The molecule has 2 rings (SSSR count). The van der Waals surface area contributed by atoms with Gasteiger partial charge in [0.1, 0.15) is 0 Å². The van der Waals surface area contributed by atoms with Crippen LogP contribution in [-0.4, -0.2) is 26.3 Å². The second-order valence-electron chi connectivity index (χ2n) is 6.20. The fraction of sp³-hybridized carbons (Fsp3) is 0.375. The molecule has 130 valence electrons. The van der Waals surface area contributed by atoms with E-state index in [0.29, 0.717) is 5.82 Å². The first-order valence-corrected chi connectivity index (χ1v) is 8.51. The molecule has 0 radical (unpaired) electrons. The van der Waals surface area contributed by atoms with Crippen LogP contribution in [0.25, 0.3) is 5.69 Å². The molecule has 1 aromatic heterocycles. The summed E-state index contributed by atoms with van der Waals surface area (Å²) in [6.07, 6.45) is -0.834. The molecule has 1 amide bonds. The van der Waals surface area contributed by atoms with Crippen LogP contribution in [0.3, 0.4) is 0 Å². The normalized spacial score (nSPS) is 12.1. The number of aromatic nitrogens is 2. The van der Waals surface area contributed by atoms with Crippen molar-refractivity contribution in [1.29, 1.82) is 0 Å². The second-order valence-corrected chi connectivity index (χ2v) is 7.88. The largest absolute Gasteiger partial charge is 0.415 e. The lowest BCUT2D eigenvalue weighted by molar-refractivity contribution is 0.139. The third-order valence-corrected chi connectivity index (χ3v) is 4.18. The van der Waals surface area contributed by atoms with Gasteiger partial charge in [-0.2, -0.15) is 0 Å². The van der Waals surface area contributed by atoms with E-state index in [1.54, 1.807) is 10.7 Å². The molecule has 0 bridgehead atoms. The lowest BCUT2D eigenvalue weighted by atomic mass is 9.92. The van der Waals surface area contributed by atoms with Gasteiger partial charge >= 0.3 is 6.09 Å². The Bertz CT molecular complexity index is 709. The highest BCUT2D eigenvalue weighted by Crippen LogP contribution is 2.28. The number of amides is 1. The summed E-state index contributed by atoms with van der Waals surface area (Å²) in [6, 6.07) is 11.4. The number of alkyl halides is 3. The maximum absolute atomic E-state index is 11.9. The van der Waals surface area contributed by atoms with E-state index in [9.17, 15) is 4.79 Å². The molecule has 1 heterocycles. The monoisotopic (exact) mass is 389 g/mol. The highest BCUT2D eigenvalue weighted by Gasteiger charge is 2.29. The number of halogens is 3. The minimum atomic E-state index is -1.79. The molecule has 5 nitrogen and oxygen atoms in total. The SMILES string of the molecule is CC(C)(C)c1cc(NC(=O)OC(Cl)(Cl)CCl)nn1-c1ccccc1. The van der Waals surface area contributed by atoms with Crippen molar-refractivity contribution in [3.8, 4) is 5.69 Å². The molecule has 2 aromatic rings.